The molecule has 0 N–H and O–H groups in total. The van der Waals surface area contributed by atoms with Crippen molar-refractivity contribution in [3.8, 4) is 0 Å². The maximum Gasteiger partial charge on any atom is 1.00 e. The second-order valence-corrected chi connectivity index (χ2v) is 5.58. The van der Waals surface area contributed by atoms with Gasteiger partial charge in [0.15, 0.2) is 0 Å². The first-order chi connectivity index (χ1) is 7.52. The molecule has 0 rings (SSSR count). The fourth-order valence-corrected chi connectivity index (χ4v) is 2.34. The second-order valence-electron chi connectivity index (χ2n) is 4.07. The second kappa shape index (κ2) is 12.5. The molecular weight excluding hydrogens is 267 g/mol. The predicted octanol–water partition coefficient (Wildman–Crippen LogP) is -0.351. The normalized spacial score (nSPS) is 13.1. The van der Waals surface area contributed by atoms with Crippen LogP contribution in [-0.4, -0.2) is 25.5 Å². The van der Waals surface area contributed by atoms with Gasteiger partial charge in [-0.3, -0.25) is 0 Å². The van der Waals surface area contributed by atoms with E-state index < -0.39 is 15.6 Å². The maximum absolute atomic E-state index is 10.7. The zero-order chi connectivity index (χ0) is 12.4. The Morgan fingerprint density at radius 3 is 1.94 bits per heavy atom. The average Bonchev–Trinajstić information content (AvgIpc) is 2.20. The van der Waals surface area contributed by atoms with Gasteiger partial charge in [-0.1, -0.05) is 45.4 Å². The molecule has 0 spiro atoms. The van der Waals surface area contributed by atoms with Crippen molar-refractivity contribution in [2.24, 2.45) is 0 Å². The van der Waals surface area contributed by atoms with E-state index in [-0.39, 0.29) is 51.4 Å². The summed E-state index contributed by atoms with van der Waals surface area (Å²) in [5.41, 5.74) is -1.16. The van der Waals surface area contributed by atoms with Crippen molar-refractivity contribution < 1.29 is 69.1 Å². The third-order valence-corrected chi connectivity index (χ3v) is 3.70. The third-order valence-electron chi connectivity index (χ3n) is 2.63. The molecule has 0 aliphatic heterocycles. The van der Waals surface area contributed by atoms with Crippen LogP contribution in [0, 0.1) is 0 Å². The van der Waals surface area contributed by atoms with E-state index in [1.807, 2.05) is 0 Å². The molecule has 0 saturated carbocycles. The van der Waals surface area contributed by atoms with Crippen LogP contribution >= 0.6 is 0 Å². The first-order valence-corrected chi connectivity index (χ1v) is 7.47. The van der Waals surface area contributed by atoms with Crippen molar-refractivity contribution in [3.63, 3.8) is 0 Å². The predicted molar refractivity (Wildman–Crippen MR) is 63.1 cm³/mol. The van der Waals surface area contributed by atoms with Crippen LogP contribution in [0.1, 0.15) is 58.3 Å². The molecule has 0 heterocycles. The number of hydrogen-bond donors (Lipinski definition) is 0. The van der Waals surface area contributed by atoms with Gasteiger partial charge in [-0.2, -0.15) is 0 Å². The molecule has 0 aliphatic rings. The summed E-state index contributed by atoms with van der Waals surface area (Å²) in [6, 6.07) is 0. The van der Waals surface area contributed by atoms with Gasteiger partial charge >= 0.3 is 51.4 Å². The van der Waals surface area contributed by atoms with Crippen molar-refractivity contribution in [3.05, 3.63) is 0 Å². The van der Waals surface area contributed by atoms with E-state index in [9.17, 15) is 13.0 Å². The molecule has 1 atom stereocenters. The van der Waals surface area contributed by atoms with Crippen LogP contribution in [0.15, 0.2) is 0 Å². The van der Waals surface area contributed by atoms with Crippen LogP contribution < -0.4 is 51.4 Å². The van der Waals surface area contributed by atoms with Gasteiger partial charge in [0.2, 0.25) is 0 Å². The molecule has 0 aromatic carbocycles. The summed E-state index contributed by atoms with van der Waals surface area (Å²) in [6.07, 6.45) is 8.05. The molecule has 0 amide bonds. The Morgan fingerprint density at radius 2 is 1.53 bits per heavy atom. The van der Waals surface area contributed by atoms with Gasteiger partial charge in [0, 0.05) is 7.11 Å². The molecule has 0 aromatic heterocycles. The van der Waals surface area contributed by atoms with Crippen LogP contribution in [0.25, 0.3) is 0 Å². The number of rotatable bonds is 10. The van der Waals surface area contributed by atoms with E-state index in [0.717, 1.165) is 19.3 Å². The van der Waals surface area contributed by atoms with Crippen molar-refractivity contribution in [1.29, 1.82) is 0 Å². The van der Waals surface area contributed by atoms with Gasteiger partial charge in [-0.05, 0) is 12.8 Å². The summed E-state index contributed by atoms with van der Waals surface area (Å²) in [5.74, 6) is 0. The molecule has 0 radical (unpaired) electrons. The quantitative estimate of drug-likeness (QED) is 0.313. The monoisotopic (exact) mass is 290 g/mol. The van der Waals surface area contributed by atoms with Gasteiger partial charge in [-0.25, -0.2) is 8.42 Å². The van der Waals surface area contributed by atoms with Crippen LogP contribution in [0.2, 0.25) is 0 Å². The average molecular weight is 290 g/mol. The molecular formula is C11H23KO4S. The zero-order valence-electron chi connectivity index (χ0n) is 11.3. The smallest absolute Gasteiger partial charge is 0.746 e. The minimum atomic E-state index is -4.29. The fraction of sp³-hybridized carbons (Fsp3) is 1.00. The molecule has 0 aliphatic carbocycles. The Balaban J connectivity index is 0. The van der Waals surface area contributed by atoms with E-state index >= 15 is 0 Å². The summed E-state index contributed by atoms with van der Waals surface area (Å²) < 4.78 is 36.7. The van der Waals surface area contributed by atoms with Crippen LogP contribution in [0.4, 0.5) is 0 Å². The van der Waals surface area contributed by atoms with E-state index in [4.69, 9.17) is 0 Å². The largest absolute Gasteiger partial charge is 1.00 e. The Morgan fingerprint density at radius 1 is 1.06 bits per heavy atom. The summed E-state index contributed by atoms with van der Waals surface area (Å²) in [6.45, 7) is 2.17. The molecule has 0 bridgehead atoms. The molecule has 6 heteroatoms. The standard InChI is InChI=1S/C11H24O4S.K/c1-3-4-5-6-7-8-9-10-11(15-2)16(12,13)14;/h11H,3-10H2,1-2H3,(H,12,13,14);/q;+1/p-1. The summed E-state index contributed by atoms with van der Waals surface area (Å²) in [7, 11) is -3.02. The Hall–Kier alpha value is 1.51. The van der Waals surface area contributed by atoms with Crippen molar-refractivity contribution >= 4 is 10.1 Å². The zero-order valence-corrected chi connectivity index (χ0v) is 15.2. The Labute approximate surface area is 148 Å². The van der Waals surface area contributed by atoms with E-state index in [1.54, 1.807) is 0 Å². The van der Waals surface area contributed by atoms with Crippen LogP contribution in [0.5, 0.6) is 0 Å². The van der Waals surface area contributed by atoms with Crippen molar-refractivity contribution in [2.45, 2.75) is 63.7 Å². The minimum Gasteiger partial charge on any atom is -0.746 e. The third kappa shape index (κ3) is 12.3. The number of methoxy groups -OCH3 is 1. The van der Waals surface area contributed by atoms with Gasteiger partial charge in [0.1, 0.15) is 15.6 Å². The van der Waals surface area contributed by atoms with Crippen molar-refractivity contribution in [1.82, 2.24) is 0 Å². The summed E-state index contributed by atoms with van der Waals surface area (Å²) in [4.78, 5) is 0. The number of ether oxygens (including phenoxy) is 1. The van der Waals surface area contributed by atoms with E-state index in [1.165, 1.54) is 32.8 Å². The molecule has 17 heavy (non-hydrogen) atoms. The summed E-state index contributed by atoms with van der Waals surface area (Å²) >= 11 is 0. The number of hydrogen-bond acceptors (Lipinski definition) is 4. The fourth-order valence-electron chi connectivity index (χ4n) is 1.65. The Kier molecular flexibility index (Phi) is 15.3. The van der Waals surface area contributed by atoms with Crippen LogP contribution in [-0.2, 0) is 14.9 Å². The van der Waals surface area contributed by atoms with Crippen LogP contribution in [0.3, 0.4) is 0 Å². The van der Waals surface area contributed by atoms with Gasteiger partial charge < -0.3 is 9.29 Å². The van der Waals surface area contributed by atoms with Gasteiger partial charge in [0.25, 0.3) is 0 Å². The molecule has 4 nitrogen and oxygen atoms in total. The molecule has 1 unspecified atom stereocenters. The number of unbranched alkanes of at least 4 members (excludes halogenated alkanes) is 6. The first-order valence-electron chi connectivity index (χ1n) is 6.00. The van der Waals surface area contributed by atoms with Gasteiger partial charge in [0.05, 0.1) is 0 Å². The first kappa shape index (κ1) is 20.8. The van der Waals surface area contributed by atoms with E-state index in [0.29, 0.717) is 6.42 Å². The van der Waals surface area contributed by atoms with Gasteiger partial charge in [-0.15, -0.1) is 0 Å². The molecule has 0 fully saturated rings. The Bertz CT molecular complexity index is 254. The molecule has 0 aromatic rings. The SMILES string of the molecule is CCCCCCCCCC(OC)S(=O)(=O)[O-].[K+]. The molecule has 0 saturated heterocycles. The van der Waals surface area contributed by atoms with E-state index in [2.05, 4.69) is 11.7 Å². The minimum absolute atomic E-state index is 0. The maximum atomic E-state index is 10.7. The topological polar surface area (TPSA) is 66.4 Å². The van der Waals surface area contributed by atoms with Crippen molar-refractivity contribution in [2.75, 3.05) is 7.11 Å². The summed E-state index contributed by atoms with van der Waals surface area (Å²) in [5, 5.41) is 0. The molecule has 98 valence electrons.